The average molecular weight is 429 g/mol. The Bertz CT molecular complexity index is 1020. The fourth-order valence-electron chi connectivity index (χ4n) is 2.08. The smallest absolute Gasteiger partial charge is 0.288 e. The Morgan fingerprint density at radius 3 is 2.50 bits per heavy atom. The van der Waals surface area contributed by atoms with Crippen molar-refractivity contribution < 1.29 is 9.72 Å². The van der Waals surface area contributed by atoms with E-state index in [2.05, 4.69) is 10.3 Å². The number of amides is 1. The van der Waals surface area contributed by atoms with E-state index >= 15 is 0 Å². The highest BCUT2D eigenvalue weighted by Crippen LogP contribution is 2.31. The zero-order valence-electron chi connectivity index (χ0n) is 12.7. The molecule has 0 aliphatic heterocycles. The second kappa shape index (κ2) is 7.59. The van der Waals surface area contributed by atoms with Crippen molar-refractivity contribution in [3.8, 4) is 11.3 Å². The first-order valence-electron chi connectivity index (χ1n) is 7.01. The van der Waals surface area contributed by atoms with E-state index in [0.717, 1.165) is 11.6 Å². The molecule has 0 aliphatic rings. The predicted octanol–water partition coefficient (Wildman–Crippen LogP) is 5.93. The van der Waals surface area contributed by atoms with Gasteiger partial charge < -0.3 is 0 Å². The van der Waals surface area contributed by atoms with Gasteiger partial charge in [0.15, 0.2) is 5.13 Å². The minimum Gasteiger partial charge on any atom is -0.298 e. The van der Waals surface area contributed by atoms with Gasteiger partial charge in [0, 0.05) is 22.6 Å². The molecule has 0 saturated heterocycles. The molecule has 0 bridgehead atoms. The van der Waals surface area contributed by atoms with Crippen molar-refractivity contribution in [1.82, 2.24) is 4.98 Å². The summed E-state index contributed by atoms with van der Waals surface area (Å²) in [6.07, 6.45) is 0. The fourth-order valence-corrected chi connectivity index (χ4v) is 3.28. The van der Waals surface area contributed by atoms with Gasteiger partial charge in [0.25, 0.3) is 11.6 Å². The lowest BCUT2D eigenvalue weighted by atomic mass is 10.2. The summed E-state index contributed by atoms with van der Waals surface area (Å²) in [7, 11) is 0. The summed E-state index contributed by atoms with van der Waals surface area (Å²) >= 11 is 18.8. The first kappa shape index (κ1) is 18.6. The van der Waals surface area contributed by atoms with E-state index in [1.807, 2.05) is 0 Å². The van der Waals surface area contributed by atoms with Crippen molar-refractivity contribution in [2.75, 3.05) is 5.32 Å². The van der Waals surface area contributed by atoms with E-state index < -0.39 is 10.8 Å². The minimum atomic E-state index is -0.648. The summed E-state index contributed by atoms with van der Waals surface area (Å²) in [5.41, 5.74) is 1.13. The van der Waals surface area contributed by atoms with Crippen LogP contribution in [0.15, 0.2) is 41.8 Å². The SMILES string of the molecule is O=C(Nc1nc(-c2ccc(Cl)c(Cl)c2)cs1)c1ccc(Cl)c([N+](=O)[O-])c1. The molecule has 0 unspecified atom stereocenters. The van der Waals surface area contributed by atoms with E-state index in [4.69, 9.17) is 34.8 Å². The van der Waals surface area contributed by atoms with Crippen LogP contribution >= 0.6 is 46.1 Å². The molecule has 0 spiro atoms. The van der Waals surface area contributed by atoms with Crippen LogP contribution in [0.1, 0.15) is 10.4 Å². The van der Waals surface area contributed by atoms with Gasteiger partial charge in [0.1, 0.15) is 5.02 Å². The van der Waals surface area contributed by atoms with Gasteiger partial charge in [-0.15, -0.1) is 11.3 Å². The number of thiazole rings is 1. The molecule has 6 nitrogen and oxygen atoms in total. The lowest BCUT2D eigenvalue weighted by Gasteiger charge is -2.03. The van der Waals surface area contributed by atoms with Crippen molar-refractivity contribution in [3.05, 3.63) is 72.5 Å². The second-order valence-electron chi connectivity index (χ2n) is 5.04. The summed E-state index contributed by atoms with van der Waals surface area (Å²) in [5, 5.41) is 16.4. The number of hydrogen-bond acceptors (Lipinski definition) is 5. The number of nitrogens with one attached hydrogen (secondary N) is 1. The summed E-state index contributed by atoms with van der Waals surface area (Å²) in [4.78, 5) is 26.9. The molecule has 1 amide bonds. The van der Waals surface area contributed by atoms with Crippen LogP contribution in [-0.4, -0.2) is 15.8 Å². The third-order valence-corrected chi connectivity index (χ3v) is 5.16. The number of carbonyl (C=O) groups excluding carboxylic acids is 1. The van der Waals surface area contributed by atoms with E-state index in [1.165, 1.54) is 23.5 Å². The third-order valence-electron chi connectivity index (χ3n) is 3.35. The molecule has 3 rings (SSSR count). The summed E-state index contributed by atoms with van der Waals surface area (Å²) in [5.74, 6) is -0.528. The predicted molar refractivity (Wildman–Crippen MR) is 104 cm³/mol. The molecule has 3 aromatic rings. The van der Waals surface area contributed by atoms with Crippen LogP contribution in [0.3, 0.4) is 0 Å². The Balaban J connectivity index is 1.81. The van der Waals surface area contributed by atoms with Gasteiger partial charge in [0.2, 0.25) is 0 Å². The number of halogens is 3. The molecular formula is C16H8Cl3N3O3S. The molecule has 1 heterocycles. The Hall–Kier alpha value is -2.19. The minimum absolute atomic E-state index is 0.0392. The van der Waals surface area contributed by atoms with Gasteiger partial charge in [-0.05, 0) is 24.3 Å². The van der Waals surface area contributed by atoms with E-state index in [9.17, 15) is 14.9 Å². The Morgan fingerprint density at radius 1 is 1.08 bits per heavy atom. The number of nitro groups is 1. The lowest BCUT2D eigenvalue weighted by molar-refractivity contribution is -0.384. The quantitative estimate of drug-likeness (QED) is 0.412. The van der Waals surface area contributed by atoms with Crippen molar-refractivity contribution in [1.29, 1.82) is 0 Å². The first-order chi connectivity index (χ1) is 12.3. The maximum absolute atomic E-state index is 12.3. The highest BCUT2D eigenvalue weighted by molar-refractivity contribution is 7.14. The molecule has 26 heavy (non-hydrogen) atoms. The molecule has 0 atom stereocenters. The van der Waals surface area contributed by atoms with Crippen LogP contribution in [0, 0.1) is 10.1 Å². The number of rotatable bonds is 4. The van der Waals surface area contributed by atoms with Crippen LogP contribution < -0.4 is 5.32 Å². The van der Waals surface area contributed by atoms with E-state index in [0.29, 0.717) is 20.9 Å². The molecule has 0 aliphatic carbocycles. The molecule has 1 aromatic heterocycles. The third kappa shape index (κ3) is 3.96. The molecular weight excluding hydrogens is 421 g/mol. The maximum atomic E-state index is 12.3. The normalized spacial score (nSPS) is 10.6. The van der Waals surface area contributed by atoms with Crippen LogP contribution in [0.2, 0.25) is 15.1 Å². The summed E-state index contributed by atoms with van der Waals surface area (Å²) < 4.78 is 0. The molecule has 10 heteroatoms. The number of hydrogen-bond donors (Lipinski definition) is 1. The Morgan fingerprint density at radius 2 is 1.81 bits per heavy atom. The van der Waals surface area contributed by atoms with Crippen molar-refractivity contribution in [2.45, 2.75) is 0 Å². The number of carbonyl (C=O) groups is 1. The van der Waals surface area contributed by atoms with Crippen molar-refractivity contribution in [3.63, 3.8) is 0 Å². The molecule has 1 N–H and O–H groups in total. The topological polar surface area (TPSA) is 85.1 Å². The zero-order valence-corrected chi connectivity index (χ0v) is 15.8. The van der Waals surface area contributed by atoms with Crippen LogP contribution in [0.5, 0.6) is 0 Å². The number of aromatic nitrogens is 1. The van der Waals surface area contributed by atoms with E-state index in [-0.39, 0.29) is 16.3 Å². The van der Waals surface area contributed by atoms with Gasteiger partial charge in [-0.25, -0.2) is 4.98 Å². The zero-order chi connectivity index (χ0) is 18.8. The van der Waals surface area contributed by atoms with Crippen LogP contribution in [-0.2, 0) is 0 Å². The number of benzene rings is 2. The van der Waals surface area contributed by atoms with Gasteiger partial charge in [-0.3, -0.25) is 20.2 Å². The molecule has 0 fully saturated rings. The molecule has 132 valence electrons. The van der Waals surface area contributed by atoms with Gasteiger partial charge >= 0.3 is 0 Å². The van der Waals surface area contributed by atoms with Crippen molar-refractivity contribution >= 4 is 62.9 Å². The van der Waals surface area contributed by atoms with E-state index in [1.54, 1.807) is 23.6 Å². The van der Waals surface area contributed by atoms with Gasteiger partial charge in [-0.2, -0.15) is 0 Å². The standard InChI is InChI=1S/C16H8Cl3N3O3S/c17-10-3-1-8(5-12(10)19)13-7-26-16(20-13)21-15(23)9-2-4-11(18)14(6-9)22(24)25/h1-7H,(H,20,21,23). The number of nitrogens with zero attached hydrogens (tertiary/aromatic N) is 2. The second-order valence-corrected chi connectivity index (χ2v) is 7.12. The largest absolute Gasteiger partial charge is 0.298 e. The number of nitro benzene ring substituents is 1. The maximum Gasteiger partial charge on any atom is 0.288 e. The average Bonchev–Trinajstić information content (AvgIpc) is 3.05. The first-order valence-corrected chi connectivity index (χ1v) is 9.03. The van der Waals surface area contributed by atoms with Crippen LogP contribution in [0.25, 0.3) is 11.3 Å². The number of anilines is 1. The monoisotopic (exact) mass is 427 g/mol. The molecule has 0 saturated carbocycles. The summed E-state index contributed by atoms with van der Waals surface area (Å²) in [6, 6.07) is 8.91. The summed E-state index contributed by atoms with van der Waals surface area (Å²) in [6.45, 7) is 0. The molecule has 2 aromatic carbocycles. The lowest BCUT2D eigenvalue weighted by Crippen LogP contribution is -2.12. The highest BCUT2D eigenvalue weighted by Gasteiger charge is 2.17. The Labute approximate surface area is 166 Å². The van der Waals surface area contributed by atoms with Crippen LogP contribution in [0.4, 0.5) is 10.8 Å². The van der Waals surface area contributed by atoms with Gasteiger partial charge in [-0.1, -0.05) is 40.9 Å². The van der Waals surface area contributed by atoms with Crippen molar-refractivity contribution in [2.24, 2.45) is 0 Å². The fraction of sp³-hybridized carbons (Fsp3) is 0. The molecule has 0 radical (unpaired) electrons. The van der Waals surface area contributed by atoms with Gasteiger partial charge in [0.05, 0.1) is 20.7 Å². The Kier molecular flexibility index (Phi) is 5.43. The highest BCUT2D eigenvalue weighted by atomic mass is 35.5.